The number of fused-ring (bicyclic) bond motifs is 1. The standard InChI is InChI=1S/C17H19N7O/c1-11-8-12(2)24-17(20-11)21-15(22-24)16(25)23-7-6-19-10-14(23)13-4-3-5-18-9-13/h3-5,8-9,14,19H,6-7,10H2,1-2H3. The minimum Gasteiger partial charge on any atom is -0.326 e. The van der Waals surface area contributed by atoms with Crippen molar-refractivity contribution in [3.63, 3.8) is 0 Å². The van der Waals surface area contributed by atoms with Gasteiger partial charge in [-0.2, -0.15) is 4.98 Å². The zero-order chi connectivity index (χ0) is 17.4. The summed E-state index contributed by atoms with van der Waals surface area (Å²) in [6.07, 6.45) is 3.52. The summed E-state index contributed by atoms with van der Waals surface area (Å²) in [5, 5.41) is 7.71. The molecule has 4 heterocycles. The second-order valence-electron chi connectivity index (χ2n) is 6.19. The van der Waals surface area contributed by atoms with E-state index in [1.54, 1.807) is 16.9 Å². The predicted octanol–water partition coefficient (Wildman–Crippen LogP) is 0.923. The molecular weight excluding hydrogens is 318 g/mol. The molecule has 1 saturated heterocycles. The third kappa shape index (κ3) is 2.85. The highest BCUT2D eigenvalue weighted by Gasteiger charge is 2.31. The first kappa shape index (κ1) is 15.6. The normalized spacial score (nSPS) is 17.8. The number of aryl methyl sites for hydroxylation is 2. The van der Waals surface area contributed by atoms with Crippen LogP contribution in [0.25, 0.3) is 5.78 Å². The number of piperazine rings is 1. The molecule has 1 unspecified atom stereocenters. The molecular formula is C17H19N7O. The largest absolute Gasteiger partial charge is 0.326 e. The van der Waals surface area contributed by atoms with Crippen LogP contribution in [-0.2, 0) is 0 Å². The van der Waals surface area contributed by atoms with Crippen molar-refractivity contribution in [1.82, 2.24) is 34.8 Å². The van der Waals surface area contributed by atoms with Crippen LogP contribution in [0, 0.1) is 13.8 Å². The zero-order valence-electron chi connectivity index (χ0n) is 14.2. The quantitative estimate of drug-likeness (QED) is 0.748. The minimum absolute atomic E-state index is 0.0858. The van der Waals surface area contributed by atoms with Crippen LogP contribution in [0.5, 0.6) is 0 Å². The number of carbonyl (C=O) groups excluding carboxylic acids is 1. The Hall–Kier alpha value is -2.87. The van der Waals surface area contributed by atoms with Gasteiger partial charge >= 0.3 is 0 Å². The van der Waals surface area contributed by atoms with E-state index < -0.39 is 0 Å². The van der Waals surface area contributed by atoms with Gasteiger partial charge in [0.2, 0.25) is 5.82 Å². The Morgan fingerprint density at radius 2 is 2.20 bits per heavy atom. The van der Waals surface area contributed by atoms with Gasteiger partial charge in [0.25, 0.3) is 11.7 Å². The molecule has 1 atom stereocenters. The number of nitrogens with zero attached hydrogens (tertiary/aromatic N) is 6. The first-order valence-electron chi connectivity index (χ1n) is 8.26. The number of hydrogen-bond donors (Lipinski definition) is 1. The van der Waals surface area contributed by atoms with Gasteiger partial charge in [-0.15, -0.1) is 5.10 Å². The summed E-state index contributed by atoms with van der Waals surface area (Å²) in [5.41, 5.74) is 2.75. The summed E-state index contributed by atoms with van der Waals surface area (Å²) < 4.78 is 1.61. The van der Waals surface area contributed by atoms with Gasteiger partial charge in [-0.3, -0.25) is 9.78 Å². The van der Waals surface area contributed by atoms with E-state index in [1.807, 2.05) is 36.9 Å². The Labute approximate surface area is 144 Å². The molecule has 8 heteroatoms. The number of amides is 1. The number of pyridine rings is 1. The molecule has 3 aromatic heterocycles. The lowest BCUT2D eigenvalue weighted by atomic mass is 10.1. The van der Waals surface area contributed by atoms with E-state index in [0.29, 0.717) is 18.9 Å². The Bertz CT molecular complexity index is 921. The lowest BCUT2D eigenvalue weighted by molar-refractivity contribution is 0.0621. The Kier molecular flexibility index (Phi) is 3.89. The van der Waals surface area contributed by atoms with Gasteiger partial charge in [0.1, 0.15) is 0 Å². The van der Waals surface area contributed by atoms with Crippen molar-refractivity contribution in [2.24, 2.45) is 0 Å². The SMILES string of the molecule is Cc1cc(C)n2nc(C(=O)N3CCNCC3c3cccnc3)nc2n1. The molecule has 4 rings (SSSR count). The zero-order valence-corrected chi connectivity index (χ0v) is 14.2. The molecule has 25 heavy (non-hydrogen) atoms. The van der Waals surface area contributed by atoms with Crippen molar-refractivity contribution in [3.05, 3.63) is 53.4 Å². The number of aromatic nitrogens is 5. The summed E-state index contributed by atoms with van der Waals surface area (Å²) in [5.74, 6) is 0.448. The van der Waals surface area contributed by atoms with Gasteiger partial charge in [0.05, 0.1) is 6.04 Å². The maximum absolute atomic E-state index is 13.1. The maximum Gasteiger partial charge on any atom is 0.294 e. The van der Waals surface area contributed by atoms with E-state index in [4.69, 9.17) is 0 Å². The van der Waals surface area contributed by atoms with Gasteiger partial charge in [-0.05, 0) is 31.5 Å². The molecule has 128 valence electrons. The highest BCUT2D eigenvalue weighted by molar-refractivity contribution is 5.91. The van der Waals surface area contributed by atoms with Crippen LogP contribution in [0.3, 0.4) is 0 Å². The molecule has 0 aliphatic carbocycles. The van der Waals surface area contributed by atoms with Gasteiger partial charge in [-0.25, -0.2) is 9.50 Å². The summed E-state index contributed by atoms with van der Waals surface area (Å²) >= 11 is 0. The molecule has 0 bridgehead atoms. The fourth-order valence-corrected chi connectivity index (χ4v) is 3.20. The maximum atomic E-state index is 13.1. The second-order valence-corrected chi connectivity index (χ2v) is 6.19. The first-order valence-corrected chi connectivity index (χ1v) is 8.26. The fourth-order valence-electron chi connectivity index (χ4n) is 3.20. The Balaban J connectivity index is 1.70. The van der Waals surface area contributed by atoms with Crippen LogP contribution in [0.4, 0.5) is 0 Å². The molecule has 0 aromatic carbocycles. The van der Waals surface area contributed by atoms with Gasteiger partial charge in [0, 0.05) is 43.4 Å². The van der Waals surface area contributed by atoms with E-state index >= 15 is 0 Å². The average molecular weight is 337 g/mol. The molecule has 1 amide bonds. The fraction of sp³-hybridized carbons (Fsp3) is 0.353. The van der Waals surface area contributed by atoms with E-state index in [0.717, 1.165) is 23.5 Å². The van der Waals surface area contributed by atoms with Crippen LogP contribution in [0.1, 0.15) is 33.6 Å². The molecule has 0 spiro atoms. The van der Waals surface area contributed by atoms with Crippen LogP contribution in [-0.4, -0.2) is 55.0 Å². The van der Waals surface area contributed by atoms with Crippen LogP contribution < -0.4 is 5.32 Å². The summed E-state index contributed by atoms with van der Waals surface area (Å²) in [4.78, 5) is 27.8. The topological polar surface area (TPSA) is 88.3 Å². The lowest BCUT2D eigenvalue weighted by Crippen LogP contribution is -2.49. The van der Waals surface area contributed by atoms with Crippen molar-refractivity contribution in [3.8, 4) is 0 Å². The number of nitrogens with one attached hydrogen (secondary N) is 1. The monoisotopic (exact) mass is 337 g/mol. The summed E-state index contributed by atoms with van der Waals surface area (Å²) in [6, 6.07) is 5.69. The van der Waals surface area contributed by atoms with Gasteiger partial charge in [-0.1, -0.05) is 6.07 Å². The van der Waals surface area contributed by atoms with Crippen molar-refractivity contribution in [2.75, 3.05) is 19.6 Å². The Morgan fingerprint density at radius 1 is 1.32 bits per heavy atom. The predicted molar refractivity (Wildman–Crippen MR) is 91.1 cm³/mol. The third-order valence-corrected chi connectivity index (χ3v) is 4.38. The smallest absolute Gasteiger partial charge is 0.294 e. The molecule has 3 aromatic rings. The highest BCUT2D eigenvalue weighted by atomic mass is 16.2. The van der Waals surface area contributed by atoms with E-state index in [9.17, 15) is 4.79 Å². The van der Waals surface area contributed by atoms with Crippen molar-refractivity contribution < 1.29 is 4.79 Å². The van der Waals surface area contributed by atoms with Gasteiger partial charge in [0.15, 0.2) is 0 Å². The Morgan fingerprint density at radius 3 is 3.00 bits per heavy atom. The van der Waals surface area contributed by atoms with E-state index in [2.05, 4.69) is 25.4 Å². The first-order chi connectivity index (χ1) is 12.1. The van der Waals surface area contributed by atoms with E-state index in [1.165, 1.54) is 0 Å². The second kappa shape index (κ2) is 6.21. The molecule has 8 nitrogen and oxygen atoms in total. The summed E-state index contributed by atoms with van der Waals surface area (Å²) in [7, 11) is 0. The van der Waals surface area contributed by atoms with Crippen molar-refractivity contribution in [2.45, 2.75) is 19.9 Å². The van der Waals surface area contributed by atoms with Crippen LogP contribution >= 0.6 is 0 Å². The average Bonchev–Trinajstić information content (AvgIpc) is 3.06. The van der Waals surface area contributed by atoms with E-state index in [-0.39, 0.29) is 17.8 Å². The van der Waals surface area contributed by atoms with Crippen molar-refractivity contribution >= 4 is 11.7 Å². The van der Waals surface area contributed by atoms with Crippen LogP contribution in [0.2, 0.25) is 0 Å². The molecule has 0 radical (unpaired) electrons. The van der Waals surface area contributed by atoms with Crippen molar-refractivity contribution in [1.29, 1.82) is 0 Å². The molecule has 0 saturated carbocycles. The number of carbonyl (C=O) groups is 1. The third-order valence-electron chi connectivity index (χ3n) is 4.38. The number of rotatable bonds is 2. The molecule has 1 N–H and O–H groups in total. The highest BCUT2D eigenvalue weighted by Crippen LogP contribution is 2.23. The molecule has 1 aliphatic rings. The number of hydrogen-bond acceptors (Lipinski definition) is 6. The molecule has 1 fully saturated rings. The van der Waals surface area contributed by atoms with Gasteiger partial charge < -0.3 is 10.2 Å². The molecule has 1 aliphatic heterocycles. The minimum atomic E-state index is -0.182. The lowest BCUT2D eigenvalue weighted by Gasteiger charge is -2.35. The van der Waals surface area contributed by atoms with Crippen LogP contribution in [0.15, 0.2) is 30.6 Å². The summed E-state index contributed by atoms with van der Waals surface area (Å²) in [6.45, 7) is 5.85.